The van der Waals surface area contributed by atoms with Crippen LogP contribution in [0.25, 0.3) is 0 Å². The monoisotopic (exact) mass is 261 g/mol. The Bertz CT molecular complexity index is 436. The van der Waals surface area contributed by atoms with E-state index in [-0.39, 0.29) is 0 Å². The molecule has 0 radical (unpaired) electrons. The van der Waals surface area contributed by atoms with Crippen LogP contribution in [0.3, 0.4) is 0 Å². The molecule has 0 aromatic heterocycles. The van der Waals surface area contributed by atoms with E-state index in [0.717, 1.165) is 12.1 Å². The number of hydrogen-bond donors (Lipinski definition) is 1. The molecule has 2 rings (SSSR count). The molecule has 0 amide bonds. The van der Waals surface area contributed by atoms with Crippen molar-refractivity contribution in [2.24, 2.45) is 0 Å². The fourth-order valence-corrected chi connectivity index (χ4v) is 2.98. The van der Waals surface area contributed by atoms with Gasteiger partial charge in [0.25, 0.3) is 0 Å². The van der Waals surface area contributed by atoms with Crippen molar-refractivity contribution in [3.63, 3.8) is 0 Å². The molecule has 0 heterocycles. The number of carboxylic acids is 1. The van der Waals surface area contributed by atoms with Crippen LogP contribution in [0.5, 0.6) is 0 Å². The second-order valence-electron chi connectivity index (χ2n) is 5.71. The van der Waals surface area contributed by atoms with Gasteiger partial charge in [-0.05, 0) is 44.4 Å². The Kier molecular flexibility index (Phi) is 4.59. The van der Waals surface area contributed by atoms with Crippen molar-refractivity contribution in [1.29, 1.82) is 0 Å². The average molecular weight is 261 g/mol. The number of nitrogens with zero attached hydrogens (tertiary/aromatic N) is 1. The quantitative estimate of drug-likeness (QED) is 0.881. The van der Waals surface area contributed by atoms with E-state index < -0.39 is 5.97 Å². The Morgan fingerprint density at radius 3 is 2.63 bits per heavy atom. The van der Waals surface area contributed by atoms with Gasteiger partial charge in [0.1, 0.15) is 0 Å². The van der Waals surface area contributed by atoms with Gasteiger partial charge < -0.3 is 5.11 Å². The molecule has 0 bridgehead atoms. The van der Waals surface area contributed by atoms with Crippen molar-refractivity contribution in [2.75, 3.05) is 0 Å². The molecule has 0 spiro atoms. The number of aromatic carboxylic acids is 1. The van der Waals surface area contributed by atoms with Crippen molar-refractivity contribution in [2.45, 2.75) is 58.2 Å². The van der Waals surface area contributed by atoms with E-state index in [1.807, 2.05) is 12.1 Å². The van der Waals surface area contributed by atoms with Gasteiger partial charge in [0.2, 0.25) is 0 Å². The van der Waals surface area contributed by atoms with Crippen LogP contribution in [0.1, 0.15) is 55.5 Å². The first-order valence-electron chi connectivity index (χ1n) is 7.16. The van der Waals surface area contributed by atoms with Crippen LogP contribution < -0.4 is 0 Å². The van der Waals surface area contributed by atoms with Crippen LogP contribution in [0.2, 0.25) is 0 Å². The minimum absolute atomic E-state index is 0.382. The van der Waals surface area contributed by atoms with Gasteiger partial charge in [0.05, 0.1) is 5.56 Å². The minimum Gasteiger partial charge on any atom is -0.478 e. The molecular weight excluding hydrogens is 238 g/mol. The topological polar surface area (TPSA) is 40.5 Å². The van der Waals surface area contributed by atoms with Crippen LogP contribution in [0, 0.1) is 0 Å². The van der Waals surface area contributed by atoms with E-state index in [4.69, 9.17) is 5.11 Å². The van der Waals surface area contributed by atoms with E-state index in [9.17, 15) is 4.79 Å². The van der Waals surface area contributed by atoms with Gasteiger partial charge in [-0.2, -0.15) is 0 Å². The molecule has 0 aliphatic heterocycles. The number of benzene rings is 1. The highest BCUT2D eigenvalue weighted by Crippen LogP contribution is 2.26. The van der Waals surface area contributed by atoms with Gasteiger partial charge >= 0.3 is 5.97 Å². The van der Waals surface area contributed by atoms with E-state index in [1.54, 1.807) is 12.1 Å². The highest BCUT2D eigenvalue weighted by molar-refractivity contribution is 5.87. The van der Waals surface area contributed by atoms with E-state index >= 15 is 0 Å². The summed E-state index contributed by atoms with van der Waals surface area (Å²) in [5.41, 5.74) is 1.48. The highest BCUT2D eigenvalue weighted by atomic mass is 16.4. The van der Waals surface area contributed by atoms with Crippen molar-refractivity contribution < 1.29 is 9.90 Å². The second kappa shape index (κ2) is 6.20. The zero-order valence-corrected chi connectivity index (χ0v) is 11.8. The third kappa shape index (κ3) is 3.57. The van der Waals surface area contributed by atoms with Crippen molar-refractivity contribution in [3.8, 4) is 0 Å². The fraction of sp³-hybridized carbons (Fsp3) is 0.562. The highest BCUT2D eigenvalue weighted by Gasteiger charge is 2.24. The zero-order valence-electron chi connectivity index (χ0n) is 11.8. The number of hydrogen-bond acceptors (Lipinski definition) is 2. The van der Waals surface area contributed by atoms with Crippen LogP contribution >= 0.6 is 0 Å². The molecule has 1 saturated carbocycles. The first-order chi connectivity index (χ1) is 9.08. The summed E-state index contributed by atoms with van der Waals surface area (Å²) >= 11 is 0. The lowest BCUT2D eigenvalue weighted by atomic mass is 10.1. The molecule has 104 valence electrons. The SMILES string of the molecule is CC(C)N(Cc1cccc(C(=O)O)c1)C1CCCC1. The summed E-state index contributed by atoms with van der Waals surface area (Å²) in [7, 11) is 0. The maximum atomic E-state index is 11.0. The van der Waals surface area contributed by atoms with E-state index in [2.05, 4.69) is 18.7 Å². The molecule has 0 saturated heterocycles. The molecule has 3 heteroatoms. The maximum Gasteiger partial charge on any atom is 0.335 e. The van der Waals surface area contributed by atoms with Gasteiger partial charge in [-0.15, -0.1) is 0 Å². The van der Waals surface area contributed by atoms with Crippen molar-refractivity contribution in [1.82, 2.24) is 4.90 Å². The predicted octanol–water partition coefficient (Wildman–Crippen LogP) is 3.54. The fourth-order valence-electron chi connectivity index (χ4n) is 2.98. The molecule has 1 aromatic rings. The van der Waals surface area contributed by atoms with Crippen LogP contribution in [-0.2, 0) is 6.54 Å². The van der Waals surface area contributed by atoms with Gasteiger partial charge in [-0.3, -0.25) is 4.90 Å². The molecule has 0 atom stereocenters. The lowest BCUT2D eigenvalue weighted by Crippen LogP contribution is -2.38. The number of carbonyl (C=O) groups is 1. The Balaban J connectivity index is 2.12. The third-order valence-electron chi connectivity index (χ3n) is 4.00. The van der Waals surface area contributed by atoms with E-state index in [1.165, 1.54) is 25.7 Å². The van der Waals surface area contributed by atoms with Gasteiger partial charge in [0, 0.05) is 18.6 Å². The molecule has 0 unspecified atom stereocenters. The summed E-state index contributed by atoms with van der Waals surface area (Å²) in [5.74, 6) is -0.848. The molecule has 3 nitrogen and oxygen atoms in total. The first-order valence-corrected chi connectivity index (χ1v) is 7.16. The van der Waals surface area contributed by atoms with Crippen LogP contribution in [0.4, 0.5) is 0 Å². The Labute approximate surface area is 115 Å². The normalized spacial score (nSPS) is 16.4. The van der Waals surface area contributed by atoms with Gasteiger partial charge in [-0.25, -0.2) is 4.79 Å². The summed E-state index contributed by atoms with van der Waals surface area (Å²) in [6, 6.07) is 8.47. The molecule has 19 heavy (non-hydrogen) atoms. The minimum atomic E-state index is -0.848. The third-order valence-corrected chi connectivity index (χ3v) is 4.00. The lowest BCUT2D eigenvalue weighted by Gasteiger charge is -2.32. The largest absolute Gasteiger partial charge is 0.478 e. The number of carboxylic acid groups (broad SMARTS) is 1. The van der Waals surface area contributed by atoms with Crippen LogP contribution in [0.15, 0.2) is 24.3 Å². The number of rotatable bonds is 5. The Hall–Kier alpha value is -1.35. The zero-order chi connectivity index (χ0) is 13.8. The van der Waals surface area contributed by atoms with Crippen molar-refractivity contribution in [3.05, 3.63) is 35.4 Å². The van der Waals surface area contributed by atoms with Gasteiger partial charge in [0.15, 0.2) is 0 Å². The molecule has 1 aromatic carbocycles. The molecule has 1 fully saturated rings. The molecule has 1 N–H and O–H groups in total. The summed E-state index contributed by atoms with van der Waals surface area (Å²) in [5, 5.41) is 9.05. The average Bonchev–Trinajstić information content (AvgIpc) is 2.89. The smallest absolute Gasteiger partial charge is 0.335 e. The summed E-state index contributed by atoms with van der Waals surface area (Å²) in [6.45, 7) is 5.29. The maximum absolute atomic E-state index is 11.0. The Morgan fingerprint density at radius 2 is 2.05 bits per heavy atom. The summed E-state index contributed by atoms with van der Waals surface area (Å²) in [6.07, 6.45) is 5.19. The first kappa shape index (κ1) is 14.1. The van der Waals surface area contributed by atoms with Gasteiger partial charge in [-0.1, -0.05) is 25.0 Å². The van der Waals surface area contributed by atoms with E-state index in [0.29, 0.717) is 17.6 Å². The lowest BCUT2D eigenvalue weighted by molar-refractivity contribution is 0.0696. The van der Waals surface area contributed by atoms with Crippen molar-refractivity contribution >= 4 is 5.97 Å². The standard InChI is InChI=1S/C16H23NO2/c1-12(2)17(15-8-3-4-9-15)11-13-6-5-7-14(10-13)16(18)19/h5-7,10,12,15H,3-4,8-9,11H2,1-2H3,(H,18,19). The van der Waals surface area contributed by atoms with Crippen LogP contribution in [-0.4, -0.2) is 28.1 Å². The summed E-state index contributed by atoms with van der Waals surface area (Å²) < 4.78 is 0. The Morgan fingerprint density at radius 1 is 1.37 bits per heavy atom. The predicted molar refractivity (Wildman–Crippen MR) is 76.3 cm³/mol. The molecule has 1 aliphatic carbocycles. The molecule has 1 aliphatic rings. The molecular formula is C16H23NO2. The second-order valence-corrected chi connectivity index (χ2v) is 5.71. The summed E-state index contributed by atoms with van der Waals surface area (Å²) in [4.78, 5) is 13.5.